The second kappa shape index (κ2) is 6.24. The van der Waals surface area contributed by atoms with Gasteiger partial charge in [0.1, 0.15) is 12.4 Å². The topological polar surface area (TPSA) is 29.5 Å². The van der Waals surface area contributed by atoms with Gasteiger partial charge in [-0.3, -0.25) is 4.79 Å². The molecule has 0 aromatic heterocycles. The van der Waals surface area contributed by atoms with Gasteiger partial charge in [0, 0.05) is 25.3 Å². The molecule has 0 heterocycles. The number of carbonyl (C=O) groups is 1. The minimum atomic E-state index is 0.0656. The Balaban J connectivity index is 1.96. The molecule has 0 aliphatic heterocycles. The Hall–Kier alpha value is -2.29. The summed E-state index contributed by atoms with van der Waals surface area (Å²) in [6.45, 7) is 2.08. The lowest BCUT2D eigenvalue weighted by Crippen LogP contribution is -2.08. The number of ether oxygens (including phenoxy) is 1. The van der Waals surface area contributed by atoms with Crippen molar-refractivity contribution in [3.63, 3.8) is 0 Å². The van der Waals surface area contributed by atoms with Crippen LogP contribution in [0, 0.1) is 0 Å². The van der Waals surface area contributed by atoms with E-state index in [9.17, 15) is 4.79 Å². The smallest absolute Gasteiger partial charge is 0.159 e. The molecule has 2 aromatic rings. The van der Waals surface area contributed by atoms with Crippen molar-refractivity contribution in [2.24, 2.45) is 0 Å². The summed E-state index contributed by atoms with van der Waals surface area (Å²) in [6, 6.07) is 15.5. The monoisotopic (exact) mass is 269 g/mol. The molecule has 0 aliphatic carbocycles. The van der Waals surface area contributed by atoms with Crippen LogP contribution in [-0.2, 0) is 6.61 Å². The molecular weight excluding hydrogens is 250 g/mol. The molecule has 0 unspecified atom stereocenters. The van der Waals surface area contributed by atoms with Gasteiger partial charge in [0.05, 0.1) is 0 Å². The van der Waals surface area contributed by atoms with Gasteiger partial charge in [-0.25, -0.2) is 0 Å². The van der Waals surface area contributed by atoms with Crippen LogP contribution in [0.3, 0.4) is 0 Å². The maximum Gasteiger partial charge on any atom is 0.159 e. The van der Waals surface area contributed by atoms with Crippen LogP contribution in [0.5, 0.6) is 5.75 Å². The fourth-order valence-electron chi connectivity index (χ4n) is 1.84. The van der Waals surface area contributed by atoms with Gasteiger partial charge in [0.25, 0.3) is 0 Å². The summed E-state index contributed by atoms with van der Waals surface area (Å²) >= 11 is 0. The van der Waals surface area contributed by atoms with Gasteiger partial charge < -0.3 is 9.64 Å². The molecule has 0 bridgehead atoms. The number of nitrogens with zero attached hydrogens (tertiary/aromatic N) is 1. The van der Waals surface area contributed by atoms with Crippen LogP contribution in [0.4, 0.5) is 5.69 Å². The summed E-state index contributed by atoms with van der Waals surface area (Å²) in [7, 11) is 4.03. The Morgan fingerprint density at radius 1 is 1.00 bits per heavy atom. The van der Waals surface area contributed by atoms with Crippen molar-refractivity contribution in [2.75, 3.05) is 19.0 Å². The van der Waals surface area contributed by atoms with Gasteiger partial charge in [-0.1, -0.05) is 12.1 Å². The molecule has 3 heteroatoms. The molecule has 0 spiro atoms. The van der Waals surface area contributed by atoms with Crippen molar-refractivity contribution >= 4 is 11.5 Å². The average Bonchev–Trinajstić information content (AvgIpc) is 2.46. The van der Waals surface area contributed by atoms with E-state index in [0.29, 0.717) is 12.2 Å². The van der Waals surface area contributed by atoms with E-state index in [2.05, 4.69) is 29.2 Å². The maximum atomic E-state index is 11.2. The molecule has 20 heavy (non-hydrogen) atoms. The Bertz CT molecular complexity index is 571. The molecule has 2 aromatic carbocycles. The predicted octanol–water partition coefficient (Wildman–Crippen LogP) is 3.53. The van der Waals surface area contributed by atoms with Gasteiger partial charge in [0.2, 0.25) is 0 Å². The predicted molar refractivity (Wildman–Crippen MR) is 81.5 cm³/mol. The summed E-state index contributed by atoms with van der Waals surface area (Å²) < 4.78 is 5.70. The summed E-state index contributed by atoms with van der Waals surface area (Å²) in [4.78, 5) is 13.2. The molecule has 0 N–H and O–H groups in total. The first-order valence-electron chi connectivity index (χ1n) is 6.56. The van der Waals surface area contributed by atoms with Crippen LogP contribution < -0.4 is 9.64 Å². The SMILES string of the molecule is CC(=O)c1ccc(OCc2ccc(N(C)C)cc2)cc1. The third kappa shape index (κ3) is 3.60. The van der Waals surface area contributed by atoms with Crippen LogP contribution in [-0.4, -0.2) is 19.9 Å². The van der Waals surface area contributed by atoms with Crippen molar-refractivity contribution in [3.8, 4) is 5.75 Å². The normalized spacial score (nSPS) is 10.2. The number of carbonyl (C=O) groups excluding carboxylic acids is 1. The minimum Gasteiger partial charge on any atom is -0.489 e. The molecule has 0 aliphatic rings. The molecule has 0 radical (unpaired) electrons. The number of hydrogen-bond donors (Lipinski definition) is 0. The highest BCUT2D eigenvalue weighted by Gasteiger charge is 2.01. The van der Waals surface area contributed by atoms with E-state index in [1.807, 2.05) is 26.2 Å². The number of anilines is 1. The third-order valence-corrected chi connectivity index (χ3v) is 3.12. The summed E-state index contributed by atoms with van der Waals surface area (Å²) in [5.41, 5.74) is 2.98. The van der Waals surface area contributed by atoms with E-state index in [-0.39, 0.29) is 5.78 Å². The first kappa shape index (κ1) is 14.1. The lowest BCUT2D eigenvalue weighted by atomic mass is 10.1. The number of Topliss-reactive ketones (excluding diaryl/α,β-unsaturated/α-hetero) is 1. The Kier molecular flexibility index (Phi) is 4.41. The first-order chi connectivity index (χ1) is 9.56. The van der Waals surface area contributed by atoms with Crippen molar-refractivity contribution in [1.29, 1.82) is 0 Å². The van der Waals surface area contributed by atoms with Crippen LogP contribution >= 0.6 is 0 Å². The molecule has 0 fully saturated rings. The second-order valence-electron chi connectivity index (χ2n) is 4.93. The van der Waals surface area contributed by atoms with Gasteiger partial charge in [-0.2, -0.15) is 0 Å². The van der Waals surface area contributed by atoms with Gasteiger partial charge in [-0.15, -0.1) is 0 Å². The lowest BCUT2D eigenvalue weighted by molar-refractivity contribution is 0.101. The molecule has 0 saturated carbocycles. The Morgan fingerprint density at radius 2 is 1.60 bits per heavy atom. The van der Waals surface area contributed by atoms with E-state index >= 15 is 0 Å². The van der Waals surface area contributed by atoms with E-state index in [0.717, 1.165) is 11.3 Å². The largest absolute Gasteiger partial charge is 0.489 e. The molecule has 3 nitrogen and oxygen atoms in total. The van der Waals surface area contributed by atoms with Gasteiger partial charge in [0.15, 0.2) is 5.78 Å². The Labute approximate surface area is 119 Å². The highest BCUT2D eigenvalue weighted by molar-refractivity contribution is 5.94. The molecule has 104 valence electrons. The molecule has 0 amide bonds. The minimum absolute atomic E-state index is 0.0656. The zero-order valence-corrected chi connectivity index (χ0v) is 12.1. The van der Waals surface area contributed by atoms with Gasteiger partial charge >= 0.3 is 0 Å². The zero-order valence-electron chi connectivity index (χ0n) is 12.1. The number of ketones is 1. The summed E-state index contributed by atoms with van der Waals surface area (Å²) in [5.74, 6) is 0.836. The van der Waals surface area contributed by atoms with Crippen LogP contribution in [0.1, 0.15) is 22.8 Å². The van der Waals surface area contributed by atoms with Crippen LogP contribution in [0.25, 0.3) is 0 Å². The highest BCUT2D eigenvalue weighted by Crippen LogP contribution is 2.16. The standard InChI is InChI=1S/C17H19NO2/c1-13(19)15-6-10-17(11-7-15)20-12-14-4-8-16(9-5-14)18(2)3/h4-11H,12H2,1-3H3. The van der Waals surface area contributed by atoms with E-state index in [1.54, 1.807) is 19.1 Å². The molecular formula is C17H19NO2. The molecule has 0 saturated heterocycles. The van der Waals surface area contributed by atoms with Crippen molar-refractivity contribution in [2.45, 2.75) is 13.5 Å². The zero-order chi connectivity index (χ0) is 14.5. The second-order valence-corrected chi connectivity index (χ2v) is 4.93. The highest BCUT2D eigenvalue weighted by atomic mass is 16.5. The van der Waals surface area contributed by atoms with E-state index < -0.39 is 0 Å². The van der Waals surface area contributed by atoms with E-state index in [1.165, 1.54) is 5.69 Å². The van der Waals surface area contributed by atoms with Gasteiger partial charge in [-0.05, 0) is 48.9 Å². The maximum absolute atomic E-state index is 11.2. The lowest BCUT2D eigenvalue weighted by Gasteiger charge is -2.13. The fourth-order valence-corrected chi connectivity index (χ4v) is 1.84. The van der Waals surface area contributed by atoms with Crippen molar-refractivity contribution in [3.05, 3.63) is 59.7 Å². The Morgan fingerprint density at radius 3 is 2.10 bits per heavy atom. The van der Waals surface area contributed by atoms with E-state index in [4.69, 9.17) is 4.74 Å². The summed E-state index contributed by atoms with van der Waals surface area (Å²) in [5, 5.41) is 0. The number of hydrogen-bond acceptors (Lipinski definition) is 3. The quantitative estimate of drug-likeness (QED) is 0.778. The third-order valence-electron chi connectivity index (χ3n) is 3.12. The van der Waals surface area contributed by atoms with Crippen molar-refractivity contribution < 1.29 is 9.53 Å². The number of benzene rings is 2. The average molecular weight is 269 g/mol. The molecule has 2 rings (SSSR count). The van der Waals surface area contributed by atoms with Crippen LogP contribution in [0.15, 0.2) is 48.5 Å². The summed E-state index contributed by atoms with van der Waals surface area (Å²) in [6.07, 6.45) is 0. The number of rotatable bonds is 5. The fraction of sp³-hybridized carbons (Fsp3) is 0.235. The van der Waals surface area contributed by atoms with Crippen LogP contribution in [0.2, 0.25) is 0 Å². The first-order valence-corrected chi connectivity index (χ1v) is 6.56. The van der Waals surface area contributed by atoms with Crippen molar-refractivity contribution in [1.82, 2.24) is 0 Å². The molecule has 0 atom stereocenters.